The molecule has 1 aromatic carbocycles. The standard InChI is InChI=1S/C18H17N3O3/c1-11-8-12(18(23)24-2)5-6-13(11)9-21-17(22)14-10-20-15-4-3-7-19-16(14)15/h3-8,10,20H,9H2,1-2H3,(H,21,22). The van der Waals surface area contributed by atoms with Crippen molar-refractivity contribution in [3.8, 4) is 0 Å². The smallest absolute Gasteiger partial charge is 0.337 e. The third-order valence-electron chi connectivity index (χ3n) is 3.88. The fraction of sp³-hybridized carbons (Fsp3) is 0.167. The SMILES string of the molecule is COC(=O)c1ccc(CNC(=O)c2c[nH]c3cccnc23)c(C)c1. The summed E-state index contributed by atoms with van der Waals surface area (Å²) in [6, 6.07) is 8.94. The van der Waals surface area contributed by atoms with E-state index >= 15 is 0 Å². The third kappa shape index (κ3) is 2.99. The highest BCUT2D eigenvalue weighted by molar-refractivity contribution is 6.05. The van der Waals surface area contributed by atoms with E-state index in [9.17, 15) is 9.59 Å². The number of pyridine rings is 1. The fourth-order valence-electron chi connectivity index (χ4n) is 2.54. The number of aryl methyl sites for hydroxylation is 1. The van der Waals surface area contributed by atoms with Crippen molar-refractivity contribution in [3.63, 3.8) is 0 Å². The lowest BCUT2D eigenvalue weighted by atomic mass is 10.0. The van der Waals surface area contributed by atoms with Crippen LogP contribution in [0.5, 0.6) is 0 Å². The first-order valence-electron chi connectivity index (χ1n) is 7.48. The molecule has 2 heterocycles. The molecule has 0 unspecified atom stereocenters. The van der Waals surface area contributed by atoms with Crippen LogP contribution in [0.1, 0.15) is 31.8 Å². The second-order valence-corrected chi connectivity index (χ2v) is 5.42. The maximum absolute atomic E-state index is 12.4. The van der Waals surface area contributed by atoms with Gasteiger partial charge in [-0.25, -0.2) is 4.79 Å². The van der Waals surface area contributed by atoms with Gasteiger partial charge >= 0.3 is 5.97 Å². The van der Waals surface area contributed by atoms with E-state index < -0.39 is 0 Å². The zero-order valence-electron chi connectivity index (χ0n) is 13.4. The van der Waals surface area contributed by atoms with Gasteiger partial charge in [0.2, 0.25) is 0 Å². The van der Waals surface area contributed by atoms with Crippen molar-refractivity contribution < 1.29 is 14.3 Å². The largest absolute Gasteiger partial charge is 0.465 e. The van der Waals surface area contributed by atoms with Crippen LogP contribution >= 0.6 is 0 Å². The average molecular weight is 323 g/mol. The number of carbonyl (C=O) groups is 2. The Morgan fingerprint density at radius 1 is 1.29 bits per heavy atom. The highest BCUT2D eigenvalue weighted by Gasteiger charge is 2.13. The minimum atomic E-state index is -0.376. The van der Waals surface area contributed by atoms with Gasteiger partial charge < -0.3 is 15.0 Å². The van der Waals surface area contributed by atoms with Crippen molar-refractivity contribution in [1.82, 2.24) is 15.3 Å². The van der Waals surface area contributed by atoms with E-state index in [1.54, 1.807) is 24.5 Å². The van der Waals surface area contributed by atoms with Crippen molar-refractivity contribution in [3.05, 3.63) is 65.0 Å². The lowest BCUT2D eigenvalue weighted by molar-refractivity contribution is 0.0600. The zero-order valence-corrected chi connectivity index (χ0v) is 13.4. The van der Waals surface area contributed by atoms with Crippen LogP contribution in [0.25, 0.3) is 11.0 Å². The van der Waals surface area contributed by atoms with Crippen LogP contribution in [0.4, 0.5) is 0 Å². The first-order chi connectivity index (χ1) is 11.6. The Bertz CT molecular complexity index is 915. The summed E-state index contributed by atoms with van der Waals surface area (Å²) in [4.78, 5) is 31.2. The first kappa shape index (κ1) is 15.7. The fourth-order valence-corrected chi connectivity index (χ4v) is 2.54. The quantitative estimate of drug-likeness (QED) is 0.723. The minimum Gasteiger partial charge on any atom is -0.465 e. The lowest BCUT2D eigenvalue weighted by Gasteiger charge is -2.09. The van der Waals surface area contributed by atoms with Crippen molar-refractivity contribution in [2.45, 2.75) is 13.5 Å². The number of benzene rings is 1. The maximum Gasteiger partial charge on any atom is 0.337 e. The summed E-state index contributed by atoms with van der Waals surface area (Å²) in [6.45, 7) is 2.26. The van der Waals surface area contributed by atoms with Gasteiger partial charge in [0.1, 0.15) is 5.52 Å². The summed E-state index contributed by atoms with van der Waals surface area (Å²) in [5, 5.41) is 2.88. The molecule has 0 atom stereocenters. The molecule has 1 amide bonds. The van der Waals surface area contributed by atoms with Crippen LogP contribution in [-0.2, 0) is 11.3 Å². The number of ether oxygens (including phenoxy) is 1. The van der Waals surface area contributed by atoms with Gasteiger partial charge in [-0.15, -0.1) is 0 Å². The summed E-state index contributed by atoms with van der Waals surface area (Å²) in [5.74, 6) is -0.574. The maximum atomic E-state index is 12.4. The Balaban J connectivity index is 1.74. The number of hydrogen-bond donors (Lipinski definition) is 2. The van der Waals surface area contributed by atoms with Gasteiger partial charge in [-0.05, 0) is 42.3 Å². The zero-order chi connectivity index (χ0) is 17.1. The van der Waals surface area contributed by atoms with Gasteiger partial charge in [-0.1, -0.05) is 6.07 Å². The van der Waals surface area contributed by atoms with Crippen LogP contribution in [0.3, 0.4) is 0 Å². The Labute approximate surface area is 138 Å². The Kier molecular flexibility index (Phi) is 4.29. The second-order valence-electron chi connectivity index (χ2n) is 5.42. The number of fused-ring (bicyclic) bond motifs is 1. The van der Waals surface area contributed by atoms with E-state index in [2.05, 4.69) is 15.3 Å². The Morgan fingerprint density at radius 3 is 2.88 bits per heavy atom. The summed E-state index contributed by atoms with van der Waals surface area (Å²) in [5.41, 5.74) is 4.31. The molecular weight excluding hydrogens is 306 g/mol. The second kappa shape index (κ2) is 6.54. The van der Waals surface area contributed by atoms with Gasteiger partial charge in [0, 0.05) is 18.9 Å². The summed E-state index contributed by atoms with van der Waals surface area (Å²) < 4.78 is 4.70. The molecule has 122 valence electrons. The van der Waals surface area contributed by atoms with Crippen LogP contribution in [-0.4, -0.2) is 29.0 Å². The molecule has 0 saturated carbocycles. The molecule has 0 radical (unpaired) electrons. The van der Waals surface area contributed by atoms with Gasteiger partial charge in [0.15, 0.2) is 0 Å². The number of rotatable bonds is 4. The monoisotopic (exact) mass is 323 g/mol. The summed E-state index contributed by atoms with van der Waals surface area (Å²) in [6.07, 6.45) is 3.31. The van der Waals surface area contributed by atoms with Gasteiger partial charge in [0.05, 0.1) is 23.8 Å². The van der Waals surface area contributed by atoms with Crippen LogP contribution in [0, 0.1) is 6.92 Å². The van der Waals surface area contributed by atoms with E-state index in [-0.39, 0.29) is 11.9 Å². The van der Waals surface area contributed by atoms with E-state index in [0.29, 0.717) is 23.2 Å². The molecule has 6 heteroatoms. The number of esters is 1. The number of aromatic amines is 1. The van der Waals surface area contributed by atoms with Gasteiger partial charge in [-0.3, -0.25) is 9.78 Å². The molecule has 0 bridgehead atoms. The molecule has 3 aromatic rings. The minimum absolute atomic E-state index is 0.198. The highest BCUT2D eigenvalue weighted by Crippen LogP contribution is 2.16. The normalized spacial score (nSPS) is 10.6. The predicted molar refractivity (Wildman–Crippen MR) is 89.8 cm³/mol. The van der Waals surface area contributed by atoms with Crippen LogP contribution in [0.2, 0.25) is 0 Å². The lowest BCUT2D eigenvalue weighted by Crippen LogP contribution is -2.23. The molecule has 2 aromatic heterocycles. The molecule has 2 N–H and O–H groups in total. The number of amides is 1. The van der Waals surface area contributed by atoms with E-state index in [1.165, 1.54) is 7.11 Å². The Hall–Kier alpha value is -3.15. The van der Waals surface area contributed by atoms with Crippen LogP contribution < -0.4 is 5.32 Å². The van der Waals surface area contributed by atoms with E-state index in [1.807, 2.05) is 25.1 Å². The number of nitrogens with zero attached hydrogens (tertiary/aromatic N) is 1. The number of carbonyl (C=O) groups excluding carboxylic acids is 2. The third-order valence-corrected chi connectivity index (χ3v) is 3.88. The molecule has 6 nitrogen and oxygen atoms in total. The molecule has 0 fully saturated rings. The van der Waals surface area contributed by atoms with Crippen LogP contribution in [0.15, 0.2) is 42.7 Å². The first-order valence-corrected chi connectivity index (χ1v) is 7.48. The molecule has 0 saturated heterocycles. The molecular formula is C18H17N3O3. The molecule has 0 spiro atoms. The summed E-state index contributed by atoms with van der Waals surface area (Å²) >= 11 is 0. The van der Waals surface area contributed by atoms with Gasteiger partial charge in [0.25, 0.3) is 5.91 Å². The molecule has 0 aliphatic heterocycles. The van der Waals surface area contributed by atoms with Crippen molar-refractivity contribution >= 4 is 22.9 Å². The molecule has 0 aliphatic carbocycles. The summed E-state index contributed by atoms with van der Waals surface area (Å²) in [7, 11) is 1.35. The Morgan fingerprint density at radius 2 is 2.12 bits per heavy atom. The van der Waals surface area contributed by atoms with Crippen molar-refractivity contribution in [1.29, 1.82) is 0 Å². The van der Waals surface area contributed by atoms with E-state index in [0.717, 1.165) is 16.6 Å². The molecule has 3 rings (SSSR count). The average Bonchev–Trinajstić information content (AvgIpc) is 3.03. The predicted octanol–water partition coefficient (Wildman–Crippen LogP) is 2.59. The topological polar surface area (TPSA) is 84.1 Å². The number of nitrogens with one attached hydrogen (secondary N) is 2. The van der Waals surface area contributed by atoms with Gasteiger partial charge in [-0.2, -0.15) is 0 Å². The number of H-pyrrole nitrogens is 1. The number of methoxy groups -OCH3 is 1. The molecule has 24 heavy (non-hydrogen) atoms. The van der Waals surface area contributed by atoms with E-state index in [4.69, 9.17) is 4.74 Å². The van der Waals surface area contributed by atoms with Crippen molar-refractivity contribution in [2.24, 2.45) is 0 Å². The molecule has 0 aliphatic rings. The number of hydrogen-bond acceptors (Lipinski definition) is 4. The number of aromatic nitrogens is 2. The highest BCUT2D eigenvalue weighted by atomic mass is 16.5. The van der Waals surface area contributed by atoms with Crippen molar-refractivity contribution in [2.75, 3.05) is 7.11 Å².